The smallest absolute Gasteiger partial charge is 0.123 e. The van der Waals surface area contributed by atoms with Gasteiger partial charge in [-0.05, 0) is 45.3 Å². The van der Waals surface area contributed by atoms with Crippen LogP contribution in [0.3, 0.4) is 0 Å². The maximum atomic E-state index is 5.56. The molecule has 1 aliphatic heterocycles. The lowest BCUT2D eigenvalue weighted by molar-refractivity contribution is 0.143. The highest BCUT2D eigenvalue weighted by Gasteiger charge is 2.23. The lowest BCUT2D eigenvalue weighted by Gasteiger charge is -2.36. The monoisotopic (exact) mass is 290 g/mol. The average Bonchev–Trinajstić information content (AvgIpc) is 2.53. The molecule has 3 nitrogen and oxygen atoms in total. The summed E-state index contributed by atoms with van der Waals surface area (Å²) in [5.74, 6) is 0.996. The molecule has 0 saturated carbocycles. The van der Waals surface area contributed by atoms with Crippen molar-refractivity contribution in [3.05, 3.63) is 29.8 Å². The van der Waals surface area contributed by atoms with Gasteiger partial charge in [0.1, 0.15) is 5.75 Å². The molecule has 21 heavy (non-hydrogen) atoms. The summed E-state index contributed by atoms with van der Waals surface area (Å²) in [6, 6.07) is 9.46. The molecular weight excluding hydrogens is 260 g/mol. The highest BCUT2D eigenvalue weighted by molar-refractivity contribution is 5.36. The third-order valence-corrected chi connectivity index (χ3v) is 4.51. The third kappa shape index (κ3) is 4.45. The van der Waals surface area contributed by atoms with Crippen molar-refractivity contribution in [2.75, 3.05) is 26.7 Å². The predicted molar refractivity (Wildman–Crippen MR) is 88.9 cm³/mol. The minimum absolute atomic E-state index is 0.349. The SMILES string of the molecule is CCCNC(CN1CCCCC1C)c1ccccc1OC. The Kier molecular flexibility index (Phi) is 6.52. The molecule has 1 heterocycles. The van der Waals surface area contributed by atoms with Gasteiger partial charge in [-0.2, -0.15) is 0 Å². The van der Waals surface area contributed by atoms with E-state index in [-0.39, 0.29) is 0 Å². The molecular formula is C18H30N2O. The van der Waals surface area contributed by atoms with E-state index in [9.17, 15) is 0 Å². The van der Waals surface area contributed by atoms with E-state index < -0.39 is 0 Å². The van der Waals surface area contributed by atoms with E-state index in [1.807, 2.05) is 6.07 Å². The highest BCUT2D eigenvalue weighted by atomic mass is 16.5. The number of para-hydroxylation sites is 1. The first kappa shape index (κ1) is 16.3. The fraction of sp³-hybridized carbons (Fsp3) is 0.667. The van der Waals surface area contributed by atoms with Crippen LogP contribution in [0.1, 0.15) is 51.1 Å². The van der Waals surface area contributed by atoms with Crippen molar-refractivity contribution in [1.82, 2.24) is 10.2 Å². The van der Waals surface area contributed by atoms with E-state index in [0.29, 0.717) is 12.1 Å². The van der Waals surface area contributed by atoms with E-state index in [2.05, 4.69) is 42.3 Å². The standard InChI is InChI=1S/C18H30N2O/c1-4-12-19-17(14-20-13-8-7-9-15(20)2)16-10-5-6-11-18(16)21-3/h5-6,10-11,15,17,19H,4,7-9,12-14H2,1-3H3. The molecule has 0 radical (unpaired) electrons. The number of nitrogens with zero attached hydrogens (tertiary/aromatic N) is 1. The Hall–Kier alpha value is -1.06. The molecule has 1 aliphatic rings. The fourth-order valence-corrected chi connectivity index (χ4v) is 3.21. The van der Waals surface area contributed by atoms with Gasteiger partial charge in [-0.3, -0.25) is 4.90 Å². The Labute approximate surface area is 129 Å². The lowest BCUT2D eigenvalue weighted by Crippen LogP contribution is -2.43. The lowest BCUT2D eigenvalue weighted by atomic mass is 10.00. The van der Waals surface area contributed by atoms with Gasteiger partial charge in [0, 0.05) is 24.2 Å². The second-order valence-electron chi connectivity index (χ2n) is 6.09. The second kappa shape index (κ2) is 8.40. The van der Waals surface area contributed by atoms with E-state index in [1.54, 1.807) is 7.11 Å². The first-order valence-electron chi connectivity index (χ1n) is 8.36. The quantitative estimate of drug-likeness (QED) is 0.830. The summed E-state index contributed by atoms with van der Waals surface area (Å²) in [4.78, 5) is 2.63. The van der Waals surface area contributed by atoms with Crippen LogP contribution in [0.25, 0.3) is 0 Å². The van der Waals surface area contributed by atoms with E-state index >= 15 is 0 Å². The number of methoxy groups -OCH3 is 1. The Balaban J connectivity index is 2.13. The van der Waals surface area contributed by atoms with Crippen molar-refractivity contribution in [2.24, 2.45) is 0 Å². The van der Waals surface area contributed by atoms with Gasteiger partial charge in [0.2, 0.25) is 0 Å². The van der Waals surface area contributed by atoms with Gasteiger partial charge in [0.25, 0.3) is 0 Å². The second-order valence-corrected chi connectivity index (χ2v) is 6.09. The molecule has 1 aromatic rings. The molecule has 2 atom stereocenters. The molecule has 118 valence electrons. The van der Waals surface area contributed by atoms with Crippen LogP contribution in [0.5, 0.6) is 5.75 Å². The van der Waals surface area contributed by atoms with Crippen LogP contribution in [0.15, 0.2) is 24.3 Å². The number of piperidine rings is 1. The van der Waals surface area contributed by atoms with E-state index in [0.717, 1.165) is 25.3 Å². The van der Waals surface area contributed by atoms with Crippen LogP contribution in [0.2, 0.25) is 0 Å². The number of likely N-dealkylation sites (tertiary alicyclic amines) is 1. The summed E-state index contributed by atoms with van der Waals surface area (Å²) in [5, 5.41) is 3.71. The maximum Gasteiger partial charge on any atom is 0.123 e. The molecule has 2 unspecified atom stereocenters. The van der Waals surface area contributed by atoms with Crippen LogP contribution in [0.4, 0.5) is 0 Å². The normalized spacial score (nSPS) is 21.2. The van der Waals surface area contributed by atoms with Gasteiger partial charge >= 0.3 is 0 Å². The summed E-state index contributed by atoms with van der Waals surface area (Å²) in [6.45, 7) is 7.92. The highest BCUT2D eigenvalue weighted by Crippen LogP contribution is 2.27. The van der Waals surface area contributed by atoms with Crippen LogP contribution >= 0.6 is 0 Å². The van der Waals surface area contributed by atoms with Crippen molar-refractivity contribution in [1.29, 1.82) is 0 Å². The molecule has 1 saturated heterocycles. The predicted octanol–water partition coefficient (Wildman–Crippen LogP) is 3.61. The summed E-state index contributed by atoms with van der Waals surface area (Å²) >= 11 is 0. The largest absolute Gasteiger partial charge is 0.496 e. The molecule has 1 N–H and O–H groups in total. The average molecular weight is 290 g/mol. The Morgan fingerprint density at radius 1 is 1.33 bits per heavy atom. The van der Waals surface area contributed by atoms with Crippen molar-refractivity contribution < 1.29 is 4.74 Å². The number of benzene rings is 1. The molecule has 0 amide bonds. The van der Waals surface area contributed by atoms with Gasteiger partial charge < -0.3 is 10.1 Å². The van der Waals surface area contributed by atoms with Crippen LogP contribution in [-0.2, 0) is 0 Å². The number of ether oxygens (including phenoxy) is 1. The van der Waals surface area contributed by atoms with Gasteiger partial charge in [-0.15, -0.1) is 0 Å². The van der Waals surface area contributed by atoms with Gasteiger partial charge in [-0.25, -0.2) is 0 Å². The first-order chi connectivity index (χ1) is 10.3. The van der Waals surface area contributed by atoms with Gasteiger partial charge in [0.05, 0.1) is 7.11 Å². The molecule has 0 aromatic heterocycles. The number of hydrogen-bond acceptors (Lipinski definition) is 3. The topological polar surface area (TPSA) is 24.5 Å². The van der Waals surface area contributed by atoms with Crippen LogP contribution in [-0.4, -0.2) is 37.7 Å². The molecule has 1 fully saturated rings. The number of nitrogens with one attached hydrogen (secondary N) is 1. The zero-order valence-corrected chi connectivity index (χ0v) is 13.8. The molecule has 0 aliphatic carbocycles. The van der Waals surface area contributed by atoms with Gasteiger partial charge in [0.15, 0.2) is 0 Å². The van der Waals surface area contributed by atoms with Crippen molar-refractivity contribution >= 4 is 0 Å². The zero-order chi connectivity index (χ0) is 15.1. The fourth-order valence-electron chi connectivity index (χ4n) is 3.21. The first-order valence-corrected chi connectivity index (χ1v) is 8.36. The van der Waals surface area contributed by atoms with E-state index in [4.69, 9.17) is 4.74 Å². The zero-order valence-electron chi connectivity index (χ0n) is 13.8. The third-order valence-electron chi connectivity index (χ3n) is 4.51. The Morgan fingerprint density at radius 3 is 2.86 bits per heavy atom. The molecule has 1 aromatic carbocycles. The molecule has 3 heteroatoms. The molecule has 0 spiro atoms. The summed E-state index contributed by atoms with van der Waals surface area (Å²) in [7, 11) is 1.76. The Morgan fingerprint density at radius 2 is 2.14 bits per heavy atom. The van der Waals surface area contributed by atoms with Crippen molar-refractivity contribution in [3.63, 3.8) is 0 Å². The Bertz CT molecular complexity index is 421. The summed E-state index contributed by atoms with van der Waals surface area (Å²) < 4.78 is 5.56. The van der Waals surface area contributed by atoms with Gasteiger partial charge in [-0.1, -0.05) is 31.5 Å². The van der Waals surface area contributed by atoms with Crippen LogP contribution < -0.4 is 10.1 Å². The van der Waals surface area contributed by atoms with Crippen LogP contribution in [0, 0.1) is 0 Å². The maximum absolute atomic E-state index is 5.56. The summed E-state index contributed by atoms with van der Waals surface area (Å²) in [5.41, 5.74) is 1.28. The van der Waals surface area contributed by atoms with Crippen molar-refractivity contribution in [2.45, 2.75) is 51.6 Å². The molecule has 0 bridgehead atoms. The number of hydrogen-bond donors (Lipinski definition) is 1. The molecule has 2 rings (SSSR count). The van der Waals surface area contributed by atoms with Crippen molar-refractivity contribution in [3.8, 4) is 5.75 Å². The number of rotatable bonds is 7. The minimum Gasteiger partial charge on any atom is -0.496 e. The van der Waals surface area contributed by atoms with E-state index in [1.165, 1.54) is 31.4 Å². The summed E-state index contributed by atoms with van der Waals surface area (Å²) in [6.07, 6.45) is 5.18. The minimum atomic E-state index is 0.349.